The Bertz CT molecular complexity index is 788. The van der Waals surface area contributed by atoms with Crippen molar-refractivity contribution < 1.29 is 6.15 Å². The third-order valence-electron chi connectivity index (χ3n) is 2.25. The second-order valence-corrected chi connectivity index (χ2v) is 4.21. The predicted molar refractivity (Wildman–Crippen MR) is 63.0 cm³/mol. The van der Waals surface area contributed by atoms with Crippen molar-refractivity contribution in [1.82, 2.24) is 39.6 Å². The molecule has 0 spiro atoms. The van der Waals surface area contributed by atoms with Gasteiger partial charge in [0.2, 0.25) is 5.88 Å². The summed E-state index contributed by atoms with van der Waals surface area (Å²) in [6.07, 6.45) is 1.43. The first-order chi connectivity index (χ1) is 9.65. The molecule has 0 aliphatic rings. The van der Waals surface area contributed by atoms with Crippen LogP contribution in [0.25, 0.3) is 5.00 Å². The van der Waals surface area contributed by atoms with Gasteiger partial charge in [-0.05, 0) is 10.4 Å². The molecule has 0 fully saturated rings. The van der Waals surface area contributed by atoms with E-state index in [1.165, 1.54) is 13.2 Å². The highest BCUT2D eigenvalue weighted by Gasteiger charge is 2.16. The van der Waals surface area contributed by atoms with Crippen molar-refractivity contribution in [3.05, 3.63) is 28.4 Å². The third kappa shape index (κ3) is 2.10. The van der Waals surface area contributed by atoms with Crippen LogP contribution in [0.5, 0.6) is 5.88 Å². The molecule has 0 atom stereocenters. The zero-order valence-electron chi connectivity index (χ0n) is 10.7. The summed E-state index contributed by atoms with van der Waals surface area (Å²) < 4.78 is 18.6. The fraction of sp³-hybridized carbons (Fsp3) is 0.250. The predicted octanol–water partition coefficient (Wildman–Crippen LogP) is -0.880. The van der Waals surface area contributed by atoms with Crippen LogP contribution in [-0.2, 0) is 13.7 Å². The number of tetrazole rings is 1. The SMILES string of the molecule is [3H]n1ccc(OCc2nnsc2-n2nnn(C)c2=O)n1. The maximum absolute atomic E-state index is 11.8. The highest BCUT2D eigenvalue weighted by molar-refractivity contribution is 7.08. The molecule has 0 radical (unpaired) electrons. The van der Waals surface area contributed by atoms with Gasteiger partial charge >= 0.3 is 5.69 Å². The Balaban J connectivity index is 1.83. The van der Waals surface area contributed by atoms with Crippen LogP contribution in [0, 0.1) is 0 Å². The molecule has 0 amide bonds. The highest BCUT2D eigenvalue weighted by atomic mass is 32.1. The van der Waals surface area contributed by atoms with E-state index in [0.29, 0.717) is 10.7 Å². The van der Waals surface area contributed by atoms with Crippen LogP contribution in [0.4, 0.5) is 0 Å². The molecule has 1 N–H and O–H groups in total. The molecule has 0 bridgehead atoms. The highest BCUT2D eigenvalue weighted by Crippen LogP contribution is 2.15. The maximum Gasteiger partial charge on any atom is 0.369 e. The van der Waals surface area contributed by atoms with Gasteiger partial charge in [-0.25, -0.2) is 4.79 Å². The Labute approximate surface area is 111 Å². The van der Waals surface area contributed by atoms with E-state index >= 15 is 0 Å². The van der Waals surface area contributed by atoms with Gasteiger partial charge in [-0.3, -0.25) is 5.09 Å². The molecule has 19 heavy (non-hydrogen) atoms. The van der Waals surface area contributed by atoms with Crippen LogP contribution < -0.4 is 10.4 Å². The molecule has 3 heterocycles. The lowest BCUT2D eigenvalue weighted by Crippen LogP contribution is -2.22. The van der Waals surface area contributed by atoms with Crippen molar-refractivity contribution in [1.29, 1.82) is 0 Å². The van der Waals surface area contributed by atoms with Gasteiger partial charge in [0.05, 0.1) is 0 Å². The normalized spacial score (nSPS) is 11.5. The summed E-state index contributed by atoms with van der Waals surface area (Å²) in [7, 11) is 1.50. The molecule has 0 aromatic carbocycles. The number of nitrogens with one attached hydrogen (secondary N) is 1. The summed E-state index contributed by atoms with van der Waals surface area (Å²) in [6.45, 7) is 0.0614. The van der Waals surface area contributed by atoms with Gasteiger partial charge in [-0.2, -0.15) is 4.68 Å². The maximum atomic E-state index is 11.8. The Morgan fingerprint density at radius 3 is 3.16 bits per heavy atom. The molecule has 0 aliphatic carbocycles. The molecule has 10 nitrogen and oxygen atoms in total. The van der Waals surface area contributed by atoms with Gasteiger partial charge in [-0.15, -0.1) is 14.9 Å². The van der Waals surface area contributed by atoms with Gasteiger partial charge in [0, 0.05) is 30.8 Å². The van der Waals surface area contributed by atoms with Crippen LogP contribution in [0.2, 0.25) is 1.41 Å². The number of nitrogens with zero attached hydrogens (tertiary/aromatic N) is 7. The van der Waals surface area contributed by atoms with Crippen molar-refractivity contribution >= 4 is 11.5 Å². The molecular weight excluding hydrogens is 272 g/mol. The number of ether oxygens (including phenoxy) is 1. The molecule has 3 rings (SSSR count). The molecule has 3 aromatic heterocycles. The van der Waals surface area contributed by atoms with Crippen LogP contribution in [0.15, 0.2) is 17.1 Å². The fourth-order valence-corrected chi connectivity index (χ4v) is 1.95. The van der Waals surface area contributed by atoms with Gasteiger partial charge in [0.15, 0.2) is 6.41 Å². The van der Waals surface area contributed by atoms with E-state index in [-0.39, 0.29) is 12.5 Å². The molecule has 3 aromatic rings. The zero-order valence-corrected chi connectivity index (χ0v) is 10.5. The number of hydrogen-bond acceptors (Lipinski definition) is 8. The molecule has 0 aliphatic heterocycles. The van der Waals surface area contributed by atoms with Crippen LogP contribution in [-0.4, -0.2) is 39.6 Å². The van der Waals surface area contributed by atoms with Gasteiger partial charge in [-0.1, -0.05) is 4.49 Å². The minimum atomic E-state index is -0.396. The van der Waals surface area contributed by atoms with Crippen LogP contribution in [0.3, 0.4) is 0 Å². The number of rotatable bonds is 4. The molecule has 98 valence electrons. The average Bonchev–Trinajstić information content (AvgIpc) is 3.11. The summed E-state index contributed by atoms with van der Waals surface area (Å²) in [4.78, 5) is 11.8. The lowest BCUT2D eigenvalue weighted by atomic mass is 10.5. The van der Waals surface area contributed by atoms with E-state index in [4.69, 9.17) is 6.15 Å². The summed E-state index contributed by atoms with van der Waals surface area (Å²) in [5.74, 6) is 0.283. The van der Waals surface area contributed by atoms with E-state index < -0.39 is 5.69 Å². The first-order valence-corrected chi connectivity index (χ1v) is 5.91. The number of hydrogen-bond donors (Lipinski definition) is 1. The average molecular weight is 282 g/mol. The second kappa shape index (κ2) is 4.61. The summed E-state index contributed by atoms with van der Waals surface area (Å²) in [5, 5.41) is 16.3. The molecular formula is C8H8N8O2S. The lowest BCUT2D eigenvalue weighted by molar-refractivity contribution is 0.288. The van der Waals surface area contributed by atoms with E-state index in [2.05, 4.69) is 25.1 Å². The smallest absolute Gasteiger partial charge is 0.369 e. The first kappa shape index (κ1) is 10.4. The van der Waals surface area contributed by atoms with Crippen molar-refractivity contribution in [2.45, 2.75) is 6.61 Å². The number of aromatic amines is 1. The minimum absolute atomic E-state index is 0.0614. The summed E-state index contributed by atoms with van der Waals surface area (Å²) in [6, 6.07) is 1.54. The van der Waals surface area contributed by atoms with Crippen LogP contribution >= 0.6 is 11.5 Å². The third-order valence-corrected chi connectivity index (χ3v) is 2.99. The number of aromatic nitrogens is 8. The number of H-pyrrole nitrogens is 1. The molecule has 11 heteroatoms. The monoisotopic (exact) mass is 282 g/mol. The van der Waals surface area contributed by atoms with Crippen molar-refractivity contribution in [2.24, 2.45) is 7.05 Å². The first-order valence-electron chi connectivity index (χ1n) is 5.58. The van der Waals surface area contributed by atoms with Crippen molar-refractivity contribution in [3.63, 3.8) is 0 Å². The van der Waals surface area contributed by atoms with E-state index in [9.17, 15) is 4.79 Å². The second-order valence-electron chi connectivity index (χ2n) is 3.48. The molecule has 0 unspecified atom stereocenters. The van der Waals surface area contributed by atoms with Gasteiger partial charge in [0.1, 0.15) is 12.3 Å². The minimum Gasteiger partial charge on any atom is -0.470 e. The quantitative estimate of drug-likeness (QED) is 0.660. The Hall–Kier alpha value is -2.56. The van der Waals surface area contributed by atoms with E-state index in [1.54, 1.807) is 6.07 Å². The topological polar surface area (TPSA) is 116 Å². The van der Waals surface area contributed by atoms with E-state index in [0.717, 1.165) is 26.0 Å². The Kier molecular flexibility index (Phi) is 2.51. The molecule has 0 saturated heterocycles. The van der Waals surface area contributed by atoms with Gasteiger partial charge < -0.3 is 4.74 Å². The largest absolute Gasteiger partial charge is 0.470 e. The Morgan fingerprint density at radius 2 is 2.47 bits per heavy atom. The summed E-state index contributed by atoms with van der Waals surface area (Å²) >= 11 is 1.01. The zero-order chi connectivity index (χ0) is 14.1. The standard InChI is InChI=1S/C8H8N8O2S/c1-15-8(17)16(13-12-15)7-5(10-14-19-7)4-18-6-2-3-9-11-6/h2-3H,4H2,1H3,(H,9,11)/i/hT. The fourth-order valence-electron chi connectivity index (χ4n) is 1.34. The summed E-state index contributed by atoms with van der Waals surface area (Å²) in [5.41, 5.74) is 0.0462. The van der Waals surface area contributed by atoms with Crippen molar-refractivity contribution in [2.75, 3.05) is 0 Å². The van der Waals surface area contributed by atoms with E-state index in [1.807, 2.05) is 0 Å². The van der Waals surface area contributed by atoms with Crippen LogP contribution in [0.1, 0.15) is 5.69 Å². The number of aryl methyl sites for hydroxylation is 1. The lowest BCUT2D eigenvalue weighted by Gasteiger charge is -2.00. The van der Waals surface area contributed by atoms with Crippen molar-refractivity contribution in [3.8, 4) is 10.9 Å². The molecule has 0 saturated carbocycles. The van der Waals surface area contributed by atoms with Gasteiger partial charge in [0.25, 0.3) is 0 Å². The Morgan fingerprint density at radius 1 is 1.58 bits per heavy atom.